The highest BCUT2D eigenvalue weighted by molar-refractivity contribution is 5.52. The Morgan fingerprint density at radius 1 is 1.10 bits per heavy atom. The summed E-state index contributed by atoms with van der Waals surface area (Å²) in [4.78, 5) is 0. The molecule has 1 saturated heterocycles. The number of aryl methyl sites for hydroxylation is 1. The van der Waals surface area contributed by atoms with Gasteiger partial charge in [-0.2, -0.15) is 0 Å². The summed E-state index contributed by atoms with van der Waals surface area (Å²) in [5.74, 6) is 0.819. The van der Waals surface area contributed by atoms with Crippen molar-refractivity contribution < 1.29 is 0 Å². The van der Waals surface area contributed by atoms with Gasteiger partial charge in [-0.15, -0.1) is 0 Å². The fourth-order valence-corrected chi connectivity index (χ4v) is 4.24. The van der Waals surface area contributed by atoms with Gasteiger partial charge in [0, 0.05) is 17.8 Å². The topological polar surface area (TPSA) is 24.1 Å². The molecule has 2 nitrogen and oxygen atoms in total. The highest BCUT2D eigenvalue weighted by Crippen LogP contribution is 2.34. The van der Waals surface area contributed by atoms with Crippen molar-refractivity contribution >= 4 is 5.69 Å². The maximum Gasteiger partial charge on any atom is 0.0374 e. The minimum atomic E-state index is 0.665. The van der Waals surface area contributed by atoms with Gasteiger partial charge < -0.3 is 10.6 Å². The third kappa shape index (κ3) is 3.60. The van der Waals surface area contributed by atoms with E-state index >= 15 is 0 Å². The largest absolute Gasteiger partial charge is 0.382 e. The molecule has 116 valence electrons. The number of nitrogens with one attached hydrogen (secondary N) is 2. The normalized spacial score (nSPS) is 29.5. The number of anilines is 1. The molecule has 1 aromatic rings. The number of benzene rings is 1. The average Bonchev–Trinajstić information content (AvgIpc) is 2.99. The Bertz CT molecular complexity index is 437. The smallest absolute Gasteiger partial charge is 0.0374 e. The first-order valence-corrected chi connectivity index (χ1v) is 8.96. The van der Waals surface area contributed by atoms with Crippen molar-refractivity contribution in [2.24, 2.45) is 5.92 Å². The summed E-state index contributed by atoms with van der Waals surface area (Å²) >= 11 is 0. The number of piperidine rings is 1. The summed E-state index contributed by atoms with van der Waals surface area (Å²) < 4.78 is 0. The van der Waals surface area contributed by atoms with Gasteiger partial charge in [0.1, 0.15) is 0 Å². The van der Waals surface area contributed by atoms with Gasteiger partial charge in [-0.05, 0) is 56.2 Å². The van der Waals surface area contributed by atoms with Gasteiger partial charge in [-0.3, -0.25) is 0 Å². The predicted molar refractivity (Wildman–Crippen MR) is 90.8 cm³/mol. The molecule has 0 spiro atoms. The summed E-state index contributed by atoms with van der Waals surface area (Å²) in [6.07, 6.45) is 10.7. The Balaban J connectivity index is 1.68. The van der Waals surface area contributed by atoms with Gasteiger partial charge in [-0.25, -0.2) is 0 Å². The Hall–Kier alpha value is -1.02. The molecule has 1 aliphatic heterocycles. The summed E-state index contributed by atoms with van der Waals surface area (Å²) in [7, 11) is 0. The number of hydrogen-bond acceptors (Lipinski definition) is 2. The molecule has 2 N–H and O–H groups in total. The van der Waals surface area contributed by atoms with E-state index in [1.807, 2.05) is 0 Å². The average molecular weight is 286 g/mol. The van der Waals surface area contributed by atoms with Crippen LogP contribution in [0.2, 0.25) is 0 Å². The zero-order valence-corrected chi connectivity index (χ0v) is 13.4. The number of hydrogen-bond donors (Lipinski definition) is 2. The van der Waals surface area contributed by atoms with E-state index in [-0.39, 0.29) is 0 Å². The summed E-state index contributed by atoms with van der Waals surface area (Å²) in [5, 5.41) is 7.68. The van der Waals surface area contributed by atoms with Gasteiger partial charge in [0.25, 0.3) is 0 Å². The van der Waals surface area contributed by atoms with Gasteiger partial charge in [-0.1, -0.05) is 44.4 Å². The van der Waals surface area contributed by atoms with Crippen molar-refractivity contribution in [2.75, 3.05) is 11.9 Å². The van der Waals surface area contributed by atoms with Gasteiger partial charge in [0.2, 0.25) is 0 Å². The van der Waals surface area contributed by atoms with E-state index in [1.165, 1.54) is 69.2 Å². The van der Waals surface area contributed by atoms with E-state index < -0.39 is 0 Å². The molecule has 0 radical (unpaired) electrons. The molecule has 1 aromatic carbocycles. The standard InChI is InChI=1S/C19H30N2/c1-2-8-15-9-3-4-11-17(15)21-19-13-7-10-16(19)18-12-5-6-14-20-18/h3-4,9,11,16,18-21H,2,5-8,10,12-14H2,1H3. The maximum absolute atomic E-state index is 3.90. The van der Waals surface area contributed by atoms with E-state index in [1.54, 1.807) is 0 Å². The van der Waals surface area contributed by atoms with Crippen LogP contribution in [0.3, 0.4) is 0 Å². The van der Waals surface area contributed by atoms with E-state index in [4.69, 9.17) is 0 Å². The van der Waals surface area contributed by atoms with Crippen LogP contribution in [0.25, 0.3) is 0 Å². The molecule has 3 atom stereocenters. The van der Waals surface area contributed by atoms with Crippen LogP contribution in [0.4, 0.5) is 5.69 Å². The molecule has 1 aliphatic carbocycles. The van der Waals surface area contributed by atoms with E-state index in [0.29, 0.717) is 6.04 Å². The summed E-state index contributed by atoms with van der Waals surface area (Å²) in [5.41, 5.74) is 2.87. The van der Waals surface area contributed by atoms with Gasteiger partial charge in [0.15, 0.2) is 0 Å². The van der Waals surface area contributed by atoms with Crippen LogP contribution in [-0.2, 0) is 6.42 Å². The van der Waals surface area contributed by atoms with Crippen LogP contribution in [0.1, 0.15) is 57.4 Å². The zero-order valence-electron chi connectivity index (χ0n) is 13.4. The molecule has 1 heterocycles. The SMILES string of the molecule is CCCc1ccccc1NC1CCCC1C1CCCCN1. The first kappa shape index (κ1) is 14.9. The lowest BCUT2D eigenvalue weighted by molar-refractivity contribution is 0.286. The fraction of sp³-hybridized carbons (Fsp3) is 0.684. The molecule has 2 aliphatic rings. The molecule has 21 heavy (non-hydrogen) atoms. The summed E-state index contributed by atoms with van der Waals surface area (Å²) in [6, 6.07) is 10.3. The molecule has 0 bridgehead atoms. The second-order valence-corrected chi connectivity index (χ2v) is 6.81. The highest BCUT2D eigenvalue weighted by atomic mass is 15.0. The highest BCUT2D eigenvalue weighted by Gasteiger charge is 2.34. The Labute approximate surface area is 129 Å². The van der Waals surface area contributed by atoms with Crippen molar-refractivity contribution in [2.45, 2.75) is 70.4 Å². The second kappa shape index (κ2) is 7.31. The first-order chi connectivity index (χ1) is 10.4. The van der Waals surface area contributed by atoms with Crippen molar-refractivity contribution in [3.63, 3.8) is 0 Å². The molecule has 0 amide bonds. The fourth-order valence-electron chi connectivity index (χ4n) is 4.24. The van der Waals surface area contributed by atoms with E-state index in [2.05, 4.69) is 41.8 Å². The monoisotopic (exact) mass is 286 g/mol. The molecule has 3 rings (SSSR count). The first-order valence-electron chi connectivity index (χ1n) is 8.96. The summed E-state index contributed by atoms with van der Waals surface area (Å²) in [6.45, 7) is 3.49. The maximum atomic E-state index is 3.90. The zero-order chi connectivity index (χ0) is 14.5. The molecule has 2 heteroatoms. The van der Waals surface area contributed by atoms with E-state index in [9.17, 15) is 0 Å². The minimum Gasteiger partial charge on any atom is -0.382 e. The second-order valence-electron chi connectivity index (χ2n) is 6.81. The van der Waals surface area contributed by atoms with Crippen LogP contribution >= 0.6 is 0 Å². The van der Waals surface area contributed by atoms with Crippen LogP contribution < -0.4 is 10.6 Å². The Morgan fingerprint density at radius 2 is 2.00 bits per heavy atom. The quantitative estimate of drug-likeness (QED) is 0.840. The molecule has 3 unspecified atom stereocenters. The molecular formula is C19H30N2. The third-order valence-corrected chi connectivity index (χ3v) is 5.31. The van der Waals surface area contributed by atoms with Crippen LogP contribution in [0, 0.1) is 5.92 Å². The number of rotatable bonds is 5. The van der Waals surface area contributed by atoms with E-state index in [0.717, 1.165) is 12.0 Å². The van der Waals surface area contributed by atoms with Gasteiger partial charge >= 0.3 is 0 Å². The van der Waals surface area contributed by atoms with Gasteiger partial charge in [0.05, 0.1) is 0 Å². The Morgan fingerprint density at radius 3 is 2.81 bits per heavy atom. The third-order valence-electron chi connectivity index (χ3n) is 5.31. The predicted octanol–water partition coefficient (Wildman–Crippen LogP) is 4.36. The lowest BCUT2D eigenvalue weighted by Crippen LogP contribution is -2.44. The lowest BCUT2D eigenvalue weighted by Gasteiger charge is -2.33. The van der Waals surface area contributed by atoms with Crippen molar-refractivity contribution in [1.82, 2.24) is 5.32 Å². The van der Waals surface area contributed by atoms with Crippen molar-refractivity contribution in [1.29, 1.82) is 0 Å². The molecule has 1 saturated carbocycles. The lowest BCUT2D eigenvalue weighted by atomic mass is 9.88. The molecular weight excluding hydrogens is 256 g/mol. The molecule has 0 aromatic heterocycles. The van der Waals surface area contributed by atoms with Crippen LogP contribution in [-0.4, -0.2) is 18.6 Å². The van der Waals surface area contributed by atoms with Crippen molar-refractivity contribution in [3.8, 4) is 0 Å². The van der Waals surface area contributed by atoms with Crippen LogP contribution in [0.5, 0.6) is 0 Å². The van der Waals surface area contributed by atoms with Crippen LogP contribution in [0.15, 0.2) is 24.3 Å². The Kier molecular flexibility index (Phi) is 5.18. The minimum absolute atomic E-state index is 0.665. The van der Waals surface area contributed by atoms with Crippen molar-refractivity contribution in [3.05, 3.63) is 29.8 Å². The molecule has 2 fully saturated rings. The number of para-hydroxylation sites is 1.